The summed E-state index contributed by atoms with van der Waals surface area (Å²) < 4.78 is 25.9. The molecule has 0 bridgehead atoms. The SMILES string of the molecule is Cc1c([C@H]2C=C(C(=O)N3CCOCC3)O[C@@H](OCCOCCO)C2)c(=O)n(-c2ccccc2)n1C. The van der Waals surface area contributed by atoms with Gasteiger partial charge in [0.15, 0.2) is 5.76 Å². The zero-order chi connectivity index (χ0) is 24.8. The maximum atomic E-state index is 13.6. The largest absolute Gasteiger partial charge is 0.459 e. The van der Waals surface area contributed by atoms with Crippen molar-refractivity contribution in [3.63, 3.8) is 0 Å². The Morgan fingerprint density at radius 2 is 1.89 bits per heavy atom. The van der Waals surface area contributed by atoms with Gasteiger partial charge < -0.3 is 29.0 Å². The smallest absolute Gasteiger partial charge is 0.288 e. The van der Waals surface area contributed by atoms with Crippen LogP contribution in [0.15, 0.2) is 47.0 Å². The summed E-state index contributed by atoms with van der Waals surface area (Å²) in [6, 6.07) is 9.45. The number of nitrogens with zero attached hydrogens (tertiary/aromatic N) is 3. The molecule has 3 heterocycles. The van der Waals surface area contributed by atoms with E-state index in [-0.39, 0.29) is 49.6 Å². The van der Waals surface area contributed by atoms with Gasteiger partial charge in [-0.2, -0.15) is 0 Å². The number of benzene rings is 1. The highest BCUT2D eigenvalue weighted by molar-refractivity contribution is 5.91. The van der Waals surface area contributed by atoms with E-state index in [1.165, 1.54) is 0 Å². The molecule has 2 aromatic rings. The van der Waals surface area contributed by atoms with Crippen molar-refractivity contribution in [3.8, 4) is 5.69 Å². The number of hydrogen-bond acceptors (Lipinski definition) is 7. The fourth-order valence-electron chi connectivity index (χ4n) is 4.46. The molecule has 1 aromatic carbocycles. The van der Waals surface area contributed by atoms with Crippen LogP contribution in [0, 0.1) is 6.92 Å². The number of rotatable bonds is 9. The number of hydrogen-bond donors (Lipinski definition) is 1. The Labute approximate surface area is 204 Å². The number of aliphatic hydroxyl groups is 1. The molecular formula is C25H33N3O7. The minimum absolute atomic E-state index is 0.0656. The summed E-state index contributed by atoms with van der Waals surface area (Å²) in [5.41, 5.74) is 2.05. The van der Waals surface area contributed by atoms with Gasteiger partial charge in [0, 0.05) is 43.7 Å². The molecule has 0 spiro atoms. The van der Waals surface area contributed by atoms with E-state index in [4.69, 9.17) is 24.1 Å². The molecule has 1 amide bonds. The van der Waals surface area contributed by atoms with Crippen molar-refractivity contribution in [1.29, 1.82) is 0 Å². The van der Waals surface area contributed by atoms with Crippen LogP contribution in [0.3, 0.4) is 0 Å². The third-order valence-corrected chi connectivity index (χ3v) is 6.30. The topological polar surface area (TPSA) is 104 Å². The number of allylic oxidation sites excluding steroid dienone is 1. The molecule has 10 nitrogen and oxygen atoms in total. The molecule has 2 aliphatic rings. The first-order valence-electron chi connectivity index (χ1n) is 11.9. The van der Waals surface area contributed by atoms with Gasteiger partial charge in [-0.15, -0.1) is 0 Å². The summed E-state index contributed by atoms with van der Waals surface area (Å²) in [7, 11) is 1.85. The normalized spacial score (nSPS) is 20.4. The Balaban J connectivity index is 1.63. The Kier molecular flexibility index (Phi) is 8.40. The van der Waals surface area contributed by atoms with E-state index in [1.807, 2.05) is 49.0 Å². The number of ether oxygens (including phenoxy) is 4. The molecule has 1 fully saturated rings. The molecule has 0 unspecified atom stereocenters. The average Bonchev–Trinajstić information content (AvgIpc) is 3.11. The van der Waals surface area contributed by atoms with E-state index in [1.54, 1.807) is 15.7 Å². The molecule has 0 aliphatic carbocycles. The fraction of sp³-hybridized carbons (Fsp3) is 0.520. The maximum absolute atomic E-state index is 13.6. The minimum atomic E-state index is -0.716. The van der Waals surface area contributed by atoms with Crippen molar-refractivity contribution >= 4 is 5.91 Å². The van der Waals surface area contributed by atoms with Gasteiger partial charge in [0.2, 0.25) is 6.29 Å². The number of morpholine rings is 1. The highest BCUT2D eigenvalue weighted by Gasteiger charge is 2.34. The number of aliphatic hydroxyl groups excluding tert-OH is 1. The van der Waals surface area contributed by atoms with Crippen LogP contribution >= 0.6 is 0 Å². The van der Waals surface area contributed by atoms with Crippen LogP contribution in [0.4, 0.5) is 0 Å². The summed E-state index contributed by atoms with van der Waals surface area (Å²) in [5, 5.41) is 8.87. The van der Waals surface area contributed by atoms with Crippen LogP contribution in [0.1, 0.15) is 23.6 Å². The van der Waals surface area contributed by atoms with Gasteiger partial charge in [-0.25, -0.2) is 4.68 Å². The lowest BCUT2D eigenvalue weighted by Gasteiger charge is -2.32. The predicted molar refractivity (Wildman–Crippen MR) is 127 cm³/mol. The van der Waals surface area contributed by atoms with E-state index in [2.05, 4.69) is 0 Å². The van der Waals surface area contributed by atoms with E-state index in [0.717, 1.165) is 11.4 Å². The first kappa shape index (κ1) is 25.2. The lowest BCUT2D eigenvalue weighted by molar-refractivity contribution is -0.158. The average molecular weight is 488 g/mol. The van der Waals surface area contributed by atoms with Gasteiger partial charge >= 0.3 is 0 Å². The second kappa shape index (κ2) is 11.7. The third-order valence-electron chi connectivity index (χ3n) is 6.30. The highest BCUT2D eigenvalue weighted by atomic mass is 16.7. The van der Waals surface area contributed by atoms with Crippen molar-refractivity contribution in [1.82, 2.24) is 14.3 Å². The zero-order valence-corrected chi connectivity index (χ0v) is 20.2. The zero-order valence-electron chi connectivity index (χ0n) is 20.2. The monoisotopic (exact) mass is 487 g/mol. The predicted octanol–water partition coefficient (Wildman–Crippen LogP) is 1.08. The second-order valence-corrected chi connectivity index (χ2v) is 8.51. The summed E-state index contributed by atoms with van der Waals surface area (Å²) in [5.74, 6) is -0.422. The Hall–Kier alpha value is -2.92. The molecule has 10 heteroatoms. The van der Waals surface area contributed by atoms with Crippen LogP contribution in [0.2, 0.25) is 0 Å². The standard InChI is InChI=1S/C25H33N3O7/c1-18-23(25(31)28(26(18)2)20-6-4-3-5-7-20)19-16-21(24(30)27-8-11-32-12-9-27)35-22(17-19)34-15-14-33-13-10-29/h3-7,16,19,22,29H,8-15,17H2,1-2H3/t19-,22+/m0/s1. The van der Waals surface area contributed by atoms with Crippen molar-refractivity contribution in [2.24, 2.45) is 7.05 Å². The van der Waals surface area contributed by atoms with Crippen LogP contribution in [0.25, 0.3) is 5.69 Å². The Morgan fingerprint density at radius 3 is 2.60 bits per heavy atom. The fourth-order valence-corrected chi connectivity index (χ4v) is 4.46. The van der Waals surface area contributed by atoms with Gasteiger partial charge in [0.05, 0.1) is 45.3 Å². The maximum Gasteiger partial charge on any atom is 0.288 e. The molecule has 1 saturated heterocycles. The molecule has 190 valence electrons. The van der Waals surface area contributed by atoms with Crippen molar-refractivity contribution < 1.29 is 28.8 Å². The van der Waals surface area contributed by atoms with Crippen molar-refractivity contribution in [3.05, 3.63) is 63.8 Å². The minimum Gasteiger partial charge on any atom is -0.459 e. The van der Waals surface area contributed by atoms with Gasteiger partial charge in [0.1, 0.15) is 0 Å². The van der Waals surface area contributed by atoms with Crippen LogP contribution in [-0.4, -0.2) is 84.3 Å². The lowest BCUT2D eigenvalue weighted by atomic mass is 9.93. The van der Waals surface area contributed by atoms with Gasteiger partial charge in [-0.1, -0.05) is 18.2 Å². The molecule has 4 rings (SSSR count). The molecule has 2 atom stereocenters. The van der Waals surface area contributed by atoms with Crippen molar-refractivity contribution in [2.45, 2.75) is 25.6 Å². The first-order chi connectivity index (χ1) is 17.0. The van der Waals surface area contributed by atoms with Gasteiger partial charge in [-0.3, -0.25) is 14.3 Å². The number of amides is 1. The third kappa shape index (κ3) is 5.67. The van der Waals surface area contributed by atoms with Crippen LogP contribution in [-0.2, 0) is 30.8 Å². The summed E-state index contributed by atoms with van der Waals surface area (Å²) >= 11 is 0. The van der Waals surface area contributed by atoms with Gasteiger partial charge in [0.25, 0.3) is 11.5 Å². The molecule has 2 aliphatic heterocycles. The highest BCUT2D eigenvalue weighted by Crippen LogP contribution is 2.32. The van der Waals surface area contributed by atoms with Crippen LogP contribution < -0.4 is 5.56 Å². The van der Waals surface area contributed by atoms with E-state index < -0.39 is 6.29 Å². The van der Waals surface area contributed by atoms with Crippen LogP contribution in [0.5, 0.6) is 0 Å². The van der Waals surface area contributed by atoms with Gasteiger partial charge in [-0.05, 0) is 25.1 Å². The first-order valence-corrected chi connectivity index (χ1v) is 11.9. The number of carbonyl (C=O) groups excluding carboxylic acids is 1. The van der Waals surface area contributed by atoms with E-state index in [9.17, 15) is 9.59 Å². The quantitative estimate of drug-likeness (QED) is 0.528. The van der Waals surface area contributed by atoms with Crippen molar-refractivity contribution in [2.75, 3.05) is 52.7 Å². The number of carbonyl (C=O) groups is 1. The summed E-state index contributed by atoms with van der Waals surface area (Å²) in [4.78, 5) is 28.5. The number of para-hydroxylation sites is 1. The molecule has 35 heavy (non-hydrogen) atoms. The molecule has 1 aromatic heterocycles. The lowest BCUT2D eigenvalue weighted by Crippen LogP contribution is -2.43. The molecule has 1 N–H and O–H groups in total. The number of aromatic nitrogens is 2. The molecule has 0 saturated carbocycles. The summed E-state index contributed by atoms with van der Waals surface area (Å²) in [6.45, 7) is 4.50. The molecular weight excluding hydrogens is 454 g/mol. The van der Waals surface area contributed by atoms with E-state index >= 15 is 0 Å². The Bertz CT molecular complexity index is 1090. The Morgan fingerprint density at radius 1 is 1.14 bits per heavy atom. The second-order valence-electron chi connectivity index (χ2n) is 8.51. The molecule has 0 radical (unpaired) electrons. The van der Waals surface area contributed by atoms with E-state index in [0.29, 0.717) is 38.3 Å². The summed E-state index contributed by atoms with van der Waals surface area (Å²) in [6.07, 6.45) is 1.42.